The number of ether oxygens (including phenoxy) is 2. The van der Waals surface area contributed by atoms with Crippen molar-refractivity contribution in [3.05, 3.63) is 21.2 Å². The van der Waals surface area contributed by atoms with Crippen LogP contribution < -0.4 is 14.8 Å². The summed E-state index contributed by atoms with van der Waals surface area (Å²) in [5, 5.41) is 3.47. The third-order valence-electron chi connectivity index (χ3n) is 4.95. The Labute approximate surface area is 134 Å². The average Bonchev–Trinajstić information content (AvgIpc) is 3.03. The first-order valence-corrected chi connectivity index (χ1v) is 8.85. The van der Waals surface area contributed by atoms with Crippen LogP contribution in [0.4, 0.5) is 0 Å². The van der Waals surface area contributed by atoms with Gasteiger partial charge in [-0.25, -0.2) is 0 Å². The molecule has 0 saturated carbocycles. The van der Waals surface area contributed by atoms with Crippen LogP contribution >= 0.6 is 15.9 Å². The minimum absolute atomic E-state index is 0.275. The van der Waals surface area contributed by atoms with E-state index < -0.39 is 0 Å². The van der Waals surface area contributed by atoms with Gasteiger partial charge in [-0.1, -0.05) is 0 Å². The van der Waals surface area contributed by atoms with Crippen molar-refractivity contribution in [1.29, 1.82) is 0 Å². The Balaban J connectivity index is 1.88. The second-order valence-electron chi connectivity index (χ2n) is 6.63. The molecule has 4 heteroatoms. The molecule has 21 heavy (non-hydrogen) atoms. The lowest BCUT2D eigenvalue weighted by molar-refractivity contribution is 0.249. The number of nitrogens with one attached hydrogen (secondary N) is 1. The molecule has 0 aliphatic carbocycles. The smallest absolute Gasteiger partial charge is 0.138 e. The Hall–Kier alpha value is -0.740. The molecule has 114 valence electrons. The van der Waals surface area contributed by atoms with Gasteiger partial charge >= 0.3 is 0 Å². The minimum Gasteiger partial charge on any atom is -0.490 e. The highest BCUT2D eigenvalue weighted by atomic mass is 79.9. The van der Waals surface area contributed by atoms with Crippen molar-refractivity contribution in [3.63, 3.8) is 0 Å². The van der Waals surface area contributed by atoms with Crippen molar-refractivity contribution < 1.29 is 9.47 Å². The number of hydrogen-bond donors (Lipinski definition) is 1. The first kappa shape index (κ1) is 13.9. The Kier molecular flexibility index (Phi) is 3.42. The van der Waals surface area contributed by atoms with Crippen LogP contribution in [0, 0.1) is 0 Å². The van der Waals surface area contributed by atoms with Gasteiger partial charge in [0, 0.05) is 29.5 Å². The molecule has 3 aliphatic rings. The summed E-state index contributed by atoms with van der Waals surface area (Å²) in [5.41, 5.74) is 4.18. The summed E-state index contributed by atoms with van der Waals surface area (Å²) in [6.45, 7) is 6.53. The summed E-state index contributed by atoms with van der Waals surface area (Å²) in [4.78, 5) is 0. The largest absolute Gasteiger partial charge is 0.490 e. The molecule has 1 fully saturated rings. The van der Waals surface area contributed by atoms with Crippen molar-refractivity contribution in [2.24, 2.45) is 0 Å². The zero-order valence-electron chi connectivity index (χ0n) is 12.7. The topological polar surface area (TPSA) is 30.5 Å². The van der Waals surface area contributed by atoms with Gasteiger partial charge in [-0.2, -0.15) is 0 Å². The third kappa shape index (κ3) is 2.18. The number of hydrogen-bond acceptors (Lipinski definition) is 3. The third-order valence-corrected chi connectivity index (χ3v) is 5.79. The van der Waals surface area contributed by atoms with Crippen LogP contribution in [-0.4, -0.2) is 25.3 Å². The molecular formula is C17H22BrNO2. The zero-order valence-corrected chi connectivity index (χ0v) is 14.3. The van der Waals surface area contributed by atoms with Crippen molar-refractivity contribution in [2.45, 2.75) is 57.7 Å². The standard InChI is InChI=1S/C17H22BrNO2/c1-9-7-12-14(11-3-5-19-6-4-11)16-13(8-10(2)20-16)15(18)17(12)21-9/h9-11,19H,3-8H2,1-2H3. The van der Waals surface area contributed by atoms with E-state index in [0.29, 0.717) is 5.92 Å². The second-order valence-corrected chi connectivity index (χ2v) is 7.43. The Morgan fingerprint density at radius 3 is 2.29 bits per heavy atom. The summed E-state index contributed by atoms with van der Waals surface area (Å²) in [5.74, 6) is 2.87. The summed E-state index contributed by atoms with van der Waals surface area (Å²) in [6, 6.07) is 0. The highest BCUT2D eigenvalue weighted by Gasteiger charge is 2.37. The van der Waals surface area contributed by atoms with Crippen molar-refractivity contribution in [3.8, 4) is 11.5 Å². The van der Waals surface area contributed by atoms with E-state index in [1.807, 2.05) is 0 Å². The maximum Gasteiger partial charge on any atom is 0.138 e. The molecule has 3 aliphatic heterocycles. The van der Waals surface area contributed by atoms with Gasteiger partial charge in [-0.3, -0.25) is 0 Å². The normalized spacial score (nSPS) is 28.0. The molecule has 1 saturated heterocycles. The Morgan fingerprint density at radius 1 is 0.952 bits per heavy atom. The van der Waals surface area contributed by atoms with Gasteiger partial charge in [0.25, 0.3) is 0 Å². The average molecular weight is 352 g/mol. The summed E-state index contributed by atoms with van der Waals surface area (Å²) >= 11 is 3.78. The molecule has 2 atom stereocenters. The lowest BCUT2D eigenvalue weighted by Gasteiger charge is -2.27. The maximum absolute atomic E-state index is 6.23. The van der Waals surface area contributed by atoms with E-state index in [0.717, 1.165) is 41.9 Å². The summed E-state index contributed by atoms with van der Waals surface area (Å²) in [7, 11) is 0. The predicted molar refractivity (Wildman–Crippen MR) is 86.6 cm³/mol. The van der Waals surface area contributed by atoms with Gasteiger partial charge in [0.15, 0.2) is 0 Å². The molecular weight excluding hydrogens is 330 g/mol. The monoisotopic (exact) mass is 351 g/mol. The van der Waals surface area contributed by atoms with Crippen LogP contribution in [0.15, 0.2) is 4.47 Å². The molecule has 1 aromatic carbocycles. The van der Waals surface area contributed by atoms with Gasteiger partial charge < -0.3 is 14.8 Å². The molecule has 0 amide bonds. The highest BCUT2D eigenvalue weighted by Crippen LogP contribution is 2.52. The fourth-order valence-corrected chi connectivity index (χ4v) is 4.71. The van der Waals surface area contributed by atoms with Gasteiger partial charge in [0.1, 0.15) is 23.7 Å². The lowest BCUT2D eigenvalue weighted by Crippen LogP contribution is -2.27. The molecule has 0 aromatic heterocycles. The van der Waals surface area contributed by atoms with Crippen LogP contribution in [0.5, 0.6) is 11.5 Å². The molecule has 0 spiro atoms. The van der Waals surface area contributed by atoms with E-state index in [1.165, 1.54) is 29.5 Å². The first-order valence-electron chi connectivity index (χ1n) is 8.06. The van der Waals surface area contributed by atoms with E-state index in [-0.39, 0.29) is 12.2 Å². The fourth-order valence-electron chi connectivity index (χ4n) is 4.04. The molecule has 0 bridgehead atoms. The molecule has 0 radical (unpaired) electrons. The number of benzene rings is 1. The zero-order chi connectivity index (χ0) is 14.6. The van der Waals surface area contributed by atoms with Crippen LogP contribution in [0.1, 0.15) is 49.3 Å². The van der Waals surface area contributed by atoms with Crippen LogP contribution in [-0.2, 0) is 12.8 Å². The Bertz CT molecular complexity index is 542. The fraction of sp³-hybridized carbons (Fsp3) is 0.647. The van der Waals surface area contributed by atoms with E-state index in [9.17, 15) is 0 Å². The van der Waals surface area contributed by atoms with E-state index in [4.69, 9.17) is 9.47 Å². The van der Waals surface area contributed by atoms with Gasteiger partial charge in [0.05, 0.1) is 4.47 Å². The predicted octanol–water partition coefficient (Wildman–Crippen LogP) is 3.56. The molecule has 2 unspecified atom stereocenters. The Morgan fingerprint density at radius 2 is 1.57 bits per heavy atom. The number of halogens is 1. The lowest BCUT2D eigenvalue weighted by atomic mass is 9.84. The SMILES string of the molecule is CC1Cc2c(c(Br)c3c(c2C2CCNCC2)OC(C)C3)O1. The first-order chi connectivity index (χ1) is 10.1. The molecule has 3 heterocycles. The highest BCUT2D eigenvalue weighted by molar-refractivity contribution is 9.10. The molecule has 1 N–H and O–H groups in total. The number of rotatable bonds is 1. The quantitative estimate of drug-likeness (QED) is 0.838. The van der Waals surface area contributed by atoms with E-state index in [2.05, 4.69) is 35.1 Å². The maximum atomic E-state index is 6.23. The van der Waals surface area contributed by atoms with E-state index >= 15 is 0 Å². The summed E-state index contributed by atoms with van der Waals surface area (Å²) < 4.78 is 13.5. The number of piperidine rings is 1. The second kappa shape index (κ2) is 5.17. The van der Waals surface area contributed by atoms with Crippen LogP contribution in [0.3, 0.4) is 0 Å². The van der Waals surface area contributed by atoms with Crippen LogP contribution in [0.25, 0.3) is 0 Å². The summed E-state index contributed by atoms with van der Waals surface area (Å²) in [6.07, 6.45) is 4.95. The van der Waals surface area contributed by atoms with Crippen LogP contribution in [0.2, 0.25) is 0 Å². The van der Waals surface area contributed by atoms with Gasteiger partial charge in [0.2, 0.25) is 0 Å². The molecule has 4 rings (SSSR count). The van der Waals surface area contributed by atoms with Gasteiger partial charge in [-0.05, 0) is 61.6 Å². The molecule has 1 aromatic rings. The number of fused-ring (bicyclic) bond motifs is 2. The van der Waals surface area contributed by atoms with Crippen molar-refractivity contribution in [1.82, 2.24) is 5.32 Å². The molecule has 3 nitrogen and oxygen atoms in total. The van der Waals surface area contributed by atoms with Crippen molar-refractivity contribution in [2.75, 3.05) is 13.1 Å². The van der Waals surface area contributed by atoms with Crippen molar-refractivity contribution >= 4 is 15.9 Å². The van der Waals surface area contributed by atoms with E-state index in [1.54, 1.807) is 0 Å². The van der Waals surface area contributed by atoms with Gasteiger partial charge in [-0.15, -0.1) is 0 Å². The minimum atomic E-state index is 0.275.